The topological polar surface area (TPSA) is 9.72 Å². The fraction of sp³-hybridized carbons (Fsp3) is 0.408. The molecule has 3 aliphatic heterocycles. The zero-order chi connectivity index (χ0) is 54.0. The fourth-order valence-corrected chi connectivity index (χ4v) is 14.1. The van der Waals surface area contributed by atoms with E-state index in [9.17, 15) is 0 Å². The van der Waals surface area contributed by atoms with E-state index in [1.165, 1.54) is 106 Å². The first-order valence-electron chi connectivity index (χ1n) is 28.1. The molecule has 386 valence electrons. The van der Waals surface area contributed by atoms with Crippen LogP contribution in [0.25, 0.3) is 11.1 Å². The smallest absolute Gasteiger partial charge is 0.252 e. The third-order valence-electron chi connectivity index (χ3n) is 18.2. The van der Waals surface area contributed by atoms with Crippen molar-refractivity contribution in [3.05, 3.63) is 173 Å². The van der Waals surface area contributed by atoms with Crippen LogP contribution in [0.1, 0.15) is 178 Å². The highest BCUT2D eigenvalue weighted by atomic mass is 15.3. The molecule has 3 heterocycles. The second kappa shape index (κ2) is 16.5. The molecule has 0 amide bonds. The molecule has 1 fully saturated rings. The molecular formula is C71H84BN3. The maximum atomic E-state index is 2.83. The summed E-state index contributed by atoms with van der Waals surface area (Å²) < 4.78 is 0. The molecule has 2 unspecified atom stereocenters. The van der Waals surface area contributed by atoms with E-state index < -0.39 is 0 Å². The van der Waals surface area contributed by atoms with Crippen molar-refractivity contribution >= 4 is 68.6 Å². The van der Waals surface area contributed by atoms with E-state index in [1.807, 2.05) is 0 Å². The lowest BCUT2D eigenvalue weighted by Crippen LogP contribution is -2.61. The second-order valence-corrected chi connectivity index (χ2v) is 29.6. The van der Waals surface area contributed by atoms with Crippen LogP contribution in [0, 0.1) is 5.41 Å². The Bertz CT molecular complexity index is 3430. The monoisotopic (exact) mass is 990 g/mol. The lowest BCUT2D eigenvalue weighted by Gasteiger charge is -2.47. The largest absolute Gasteiger partial charge is 0.334 e. The molecule has 2 atom stereocenters. The van der Waals surface area contributed by atoms with Gasteiger partial charge in [-0.15, -0.1) is 0 Å². The Morgan fingerprint density at radius 3 is 1.43 bits per heavy atom. The van der Waals surface area contributed by atoms with Gasteiger partial charge >= 0.3 is 0 Å². The van der Waals surface area contributed by atoms with Crippen molar-refractivity contribution in [1.82, 2.24) is 0 Å². The summed E-state index contributed by atoms with van der Waals surface area (Å²) in [7, 11) is 0. The van der Waals surface area contributed by atoms with Crippen molar-refractivity contribution in [2.24, 2.45) is 5.41 Å². The molecule has 1 aliphatic carbocycles. The van der Waals surface area contributed by atoms with Gasteiger partial charge in [-0.1, -0.05) is 210 Å². The lowest BCUT2D eigenvalue weighted by atomic mass is 9.33. The van der Waals surface area contributed by atoms with Crippen LogP contribution in [0.3, 0.4) is 0 Å². The van der Waals surface area contributed by atoms with Gasteiger partial charge in [-0.2, -0.15) is 0 Å². The minimum absolute atomic E-state index is 0.0177. The van der Waals surface area contributed by atoms with Gasteiger partial charge < -0.3 is 14.7 Å². The summed E-state index contributed by atoms with van der Waals surface area (Å²) in [4.78, 5) is 8.21. The molecule has 0 bridgehead atoms. The van der Waals surface area contributed by atoms with Gasteiger partial charge in [0.15, 0.2) is 0 Å². The lowest BCUT2D eigenvalue weighted by molar-refractivity contribution is 0.330. The summed E-state index contributed by atoms with van der Waals surface area (Å²) in [5.41, 5.74) is 24.4. The summed E-state index contributed by atoms with van der Waals surface area (Å²) in [6.07, 6.45) is 2.20. The van der Waals surface area contributed by atoms with Crippen LogP contribution >= 0.6 is 0 Å². The van der Waals surface area contributed by atoms with Crippen LogP contribution in [0.5, 0.6) is 0 Å². The Morgan fingerprint density at radius 2 is 0.867 bits per heavy atom. The van der Waals surface area contributed by atoms with Crippen molar-refractivity contribution in [3.8, 4) is 11.1 Å². The highest BCUT2D eigenvalue weighted by Gasteiger charge is 2.64. The number of benzene rings is 7. The molecule has 0 saturated heterocycles. The van der Waals surface area contributed by atoms with Gasteiger partial charge in [-0.3, -0.25) is 0 Å². The predicted molar refractivity (Wildman–Crippen MR) is 327 cm³/mol. The molecule has 4 aliphatic rings. The number of fused-ring (bicyclic) bond motifs is 7. The average molecular weight is 990 g/mol. The second-order valence-electron chi connectivity index (χ2n) is 29.6. The molecule has 3 nitrogen and oxygen atoms in total. The molecule has 1 saturated carbocycles. The number of hydrogen-bond acceptors (Lipinski definition) is 3. The highest BCUT2D eigenvalue weighted by Crippen LogP contribution is 2.67. The first kappa shape index (κ1) is 51.1. The number of anilines is 8. The van der Waals surface area contributed by atoms with E-state index in [-0.39, 0.29) is 50.2 Å². The Labute approximate surface area is 452 Å². The first-order chi connectivity index (χ1) is 34.8. The third-order valence-corrected chi connectivity index (χ3v) is 18.2. The van der Waals surface area contributed by atoms with E-state index in [1.54, 1.807) is 0 Å². The summed E-state index contributed by atoms with van der Waals surface area (Å²) in [5.74, 6) is 0. The van der Waals surface area contributed by atoms with E-state index in [4.69, 9.17) is 0 Å². The summed E-state index contributed by atoms with van der Waals surface area (Å²) >= 11 is 0. The maximum Gasteiger partial charge on any atom is 0.252 e. The van der Waals surface area contributed by atoms with E-state index in [0.717, 1.165) is 12.8 Å². The van der Waals surface area contributed by atoms with Crippen LogP contribution < -0.4 is 31.1 Å². The van der Waals surface area contributed by atoms with Crippen LogP contribution in [-0.4, -0.2) is 12.3 Å². The molecule has 7 aromatic carbocycles. The Morgan fingerprint density at radius 1 is 0.387 bits per heavy atom. The summed E-state index contributed by atoms with van der Waals surface area (Å²) in [6, 6.07) is 55.7. The molecule has 0 radical (unpaired) electrons. The van der Waals surface area contributed by atoms with Crippen molar-refractivity contribution in [3.63, 3.8) is 0 Å². The molecule has 0 aromatic heterocycles. The van der Waals surface area contributed by atoms with Crippen molar-refractivity contribution in [2.75, 3.05) is 14.7 Å². The van der Waals surface area contributed by atoms with E-state index >= 15 is 0 Å². The van der Waals surface area contributed by atoms with Gasteiger partial charge in [0, 0.05) is 50.8 Å². The number of rotatable bonds is 4. The highest BCUT2D eigenvalue weighted by molar-refractivity contribution is 7.00. The van der Waals surface area contributed by atoms with Crippen molar-refractivity contribution in [1.29, 1.82) is 0 Å². The van der Waals surface area contributed by atoms with Gasteiger partial charge in [-0.05, 0) is 162 Å². The molecule has 4 heteroatoms. The Hall–Kier alpha value is -6.00. The van der Waals surface area contributed by atoms with Crippen molar-refractivity contribution in [2.45, 2.75) is 182 Å². The van der Waals surface area contributed by atoms with Crippen LogP contribution in [0.2, 0.25) is 0 Å². The quantitative estimate of drug-likeness (QED) is 0.163. The van der Waals surface area contributed by atoms with Gasteiger partial charge in [0.05, 0.1) is 11.2 Å². The minimum atomic E-state index is -0.209. The van der Waals surface area contributed by atoms with E-state index in [0.29, 0.717) is 0 Å². The Kier molecular flexibility index (Phi) is 11.3. The van der Waals surface area contributed by atoms with Gasteiger partial charge in [0.1, 0.15) is 0 Å². The zero-order valence-corrected chi connectivity index (χ0v) is 49.1. The molecule has 0 spiro atoms. The SMILES string of the molecule is CC1(C)CC2(C)c3cc(C(C)(C)C)ccc3N(c3cc4c5c(c3)N(c3ccc(C(C)(C)C)cc3-c3ccccc3)c3cc(C(C)(C)C)ccc3B5c3ccc(C(C)(C)C)cc3N4c3cccc(C(C)(C)C)c3)C2(C)C1. The molecule has 7 aromatic rings. The maximum absolute atomic E-state index is 2.83. The van der Waals surface area contributed by atoms with Gasteiger partial charge in [0.25, 0.3) is 6.71 Å². The molecule has 0 N–H and O–H groups in total. The summed E-state index contributed by atoms with van der Waals surface area (Å²) in [5, 5.41) is 0. The van der Waals surface area contributed by atoms with Crippen LogP contribution in [0.4, 0.5) is 45.5 Å². The normalized spacial score (nSPS) is 19.9. The first-order valence-corrected chi connectivity index (χ1v) is 28.1. The van der Waals surface area contributed by atoms with E-state index in [2.05, 4.69) is 286 Å². The van der Waals surface area contributed by atoms with Gasteiger partial charge in [0.2, 0.25) is 0 Å². The third kappa shape index (κ3) is 8.12. The minimum Gasteiger partial charge on any atom is -0.334 e. The van der Waals surface area contributed by atoms with Gasteiger partial charge in [-0.25, -0.2) is 0 Å². The van der Waals surface area contributed by atoms with Crippen molar-refractivity contribution < 1.29 is 0 Å². The summed E-state index contributed by atoms with van der Waals surface area (Å²) in [6.45, 7) is 45.6. The average Bonchev–Trinajstić information content (AvgIpc) is 3.63. The number of nitrogens with zero attached hydrogens (tertiary/aromatic N) is 3. The molecule has 75 heavy (non-hydrogen) atoms. The number of hydrogen-bond donors (Lipinski definition) is 0. The molecule has 11 rings (SSSR count). The fourth-order valence-electron chi connectivity index (χ4n) is 14.1. The zero-order valence-electron chi connectivity index (χ0n) is 49.1. The van der Waals surface area contributed by atoms with Crippen LogP contribution in [0.15, 0.2) is 140 Å². The molecular weight excluding hydrogens is 906 g/mol. The van der Waals surface area contributed by atoms with Crippen LogP contribution in [-0.2, 0) is 32.5 Å². The standard InChI is InChI=1S/C71H84BN3/c1-64(2,3)46-26-23-27-51(36-46)73-59-39-49(67(10,11)12)28-32-55(59)72-56-33-29-50(68(13,14)15)40-60(56)74(57-34-30-47(65(4,5)6)37-53(57)45-24-21-20-22-25-45)62-42-52(41-61(73)63(62)72)75-58-35-31-48(66(7,8)9)38-54(58)70(18)43-69(16,17)44-71(70,75)19/h20-42H,43-44H2,1-19H3. The Balaban J connectivity index is 1.32. The predicted octanol–water partition coefficient (Wildman–Crippen LogP) is 17.9.